The Kier molecular flexibility index (Phi) is 2.80. The van der Waals surface area contributed by atoms with Crippen LogP contribution in [0.25, 0.3) is 22.0 Å². The van der Waals surface area contributed by atoms with Crippen LogP contribution < -0.4 is 0 Å². The number of aromatic nitrogens is 2. The van der Waals surface area contributed by atoms with E-state index in [2.05, 4.69) is 53.3 Å². The van der Waals surface area contributed by atoms with Gasteiger partial charge in [0.15, 0.2) is 0 Å². The molecule has 0 bridgehead atoms. The Balaban J connectivity index is 2.10. The highest BCUT2D eigenvalue weighted by Gasteiger charge is 2.03. The van der Waals surface area contributed by atoms with Crippen LogP contribution in [0, 0.1) is 6.92 Å². The Morgan fingerprint density at radius 1 is 1.11 bits per heavy atom. The molecule has 0 saturated heterocycles. The van der Waals surface area contributed by atoms with Crippen molar-refractivity contribution in [1.82, 2.24) is 9.97 Å². The van der Waals surface area contributed by atoms with E-state index in [0.717, 1.165) is 17.1 Å². The lowest BCUT2D eigenvalue weighted by molar-refractivity contribution is 1.12. The van der Waals surface area contributed by atoms with Crippen molar-refractivity contribution < 1.29 is 0 Å². The molecule has 3 rings (SSSR count). The van der Waals surface area contributed by atoms with Crippen LogP contribution in [-0.4, -0.2) is 9.97 Å². The van der Waals surface area contributed by atoms with Crippen molar-refractivity contribution in [2.75, 3.05) is 0 Å². The summed E-state index contributed by atoms with van der Waals surface area (Å²) in [7, 11) is 0. The fourth-order valence-corrected chi connectivity index (χ4v) is 2.25. The van der Waals surface area contributed by atoms with E-state index in [4.69, 9.17) is 11.6 Å². The Bertz CT molecular complexity index is 701. The van der Waals surface area contributed by atoms with Crippen LogP contribution in [0.5, 0.6) is 0 Å². The van der Waals surface area contributed by atoms with Gasteiger partial charge in [0.25, 0.3) is 0 Å². The van der Waals surface area contributed by atoms with Gasteiger partial charge in [-0.2, -0.15) is 0 Å². The topological polar surface area (TPSA) is 28.7 Å². The van der Waals surface area contributed by atoms with Crippen LogP contribution in [0.15, 0.2) is 42.6 Å². The number of hydrogen-bond acceptors (Lipinski definition) is 1. The van der Waals surface area contributed by atoms with Gasteiger partial charge in [-0.25, -0.2) is 4.98 Å². The number of fused-ring (bicyclic) bond motifs is 1. The SMILES string of the molecule is Cc1ccc2cc(-c3cnc(CCl)[nH]3)ccc2c1. The molecule has 0 atom stereocenters. The third-order valence-electron chi connectivity index (χ3n) is 3.06. The molecule has 0 radical (unpaired) electrons. The van der Waals surface area contributed by atoms with Crippen molar-refractivity contribution in [3.63, 3.8) is 0 Å². The number of nitrogens with one attached hydrogen (secondary N) is 1. The molecule has 3 aromatic rings. The molecule has 1 heterocycles. The summed E-state index contributed by atoms with van der Waals surface area (Å²) in [5.41, 5.74) is 3.42. The van der Waals surface area contributed by atoms with E-state index < -0.39 is 0 Å². The third-order valence-corrected chi connectivity index (χ3v) is 3.31. The lowest BCUT2D eigenvalue weighted by Gasteiger charge is -2.03. The quantitative estimate of drug-likeness (QED) is 0.682. The largest absolute Gasteiger partial charge is 0.341 e. The van der Waals surface area contributed by atoms with Gasteiger partial charge in [-0.15, -0.1) is 11.6 Å². The number of halogens is 1. The van der Waals surface area contributed by atoms with Crippen LogP contribution in [0.3, 0.4) is 0 Å². The summed E-state index contributed by atoms with van der Waals surface area (Å²) in [4.78, 5) is 7.43. The highest BCUT2D eigenvalue weighted by molar-refractivity contribution is 6.16. The first-order chi connectivity index (χ1) is 8.76. The Labute approximate surface area is 111 Å². The fraction of sp³-hybridized carbons (Fsp3) is 0.133. The van der Waals surface area contributed by atoms with Gasteiger partial charge in [-0.1, -0.05) is 35.9 Å². The van der Waals surface area contributed by atoms with Gasteiger partial charge in [-0.05, 0) is 23.8 Å². The smallest absolute Gasteiger partial charge is 0.121 e. The maximum atomic E-state index is 5.75. The van der Waals surface area contributed by atoms with Crippen molar-refractivity contribution in [1.29, 1.82) is 0 Å². The van der Waals surface area contributed by atoms with E-state index >= 15 is 0 Å². The number of alkyl halides is 1. The van der Waals surface area contributed by atoms with Gasteiger partial charge in [0.1, 0.15) is 5.82 Å². The lowest BCUT2D eigenvalue weighted by Crippen LogP contribution is -1.82. The van der Waals surface area contributed by atoms with Gasteiger partial charge >= 0.3 is 0 Å². The molecule has 0 aliphatic carbocycles. The molecule has 1 aromatic heterocycles. The Hall–Kier alpha value is -1.80. The second kappa shape index (κ2) is 4.46. The average molecular weight is 257 g/mol. The zero-order chi connectivity index (χ0) is 12.5. The van der Waals surface area contributed by atoms with Crippen molar-refractivity contribution in [3.05, 3.63) is 54.0 Å². The van der Waals surface area contributed by atoms with Crippen LogP contribution in [-0.2, 0) is 5.88 Å². The van der Waals surface area contributed by atoms with E-state index in [1.54, 1.807) is 0 Å². The summed E-state index contributed by atoms with van der Waals surface area (Å²) in [6.07, 6.45) is 1.83. The molecule has 2 aromatic carbocycles. The number of imidazole rings is 1. The number of aryl methyl sites for hydroxylation is 1. The maximum absolute atomic E-state index is 5.75. The fourth-order valence-electron chi connectivity index (χ4n) is 2.11. The van der Waals surface area contributed by atoms with Crippen LogP contribution in [0.1, 0.15) is 11.4 Å². The minimum Gasteiger partial charge on any atom is -0.341 e. The number of benzene rings is 2. The molecule has 2 nitrogen and oxygen atoms in total. The molecule has 0 fully saturated rings. The molecule has 0 unspecified atom stereocenters. The maximum Gasteiger partial charge on any atom is 0.121 e. The summed E-state index contributed by atoms with van der Waals surface area (Å²) in [6, 6.07) is 12.9. The van der Waals surface area contributed by atoms with Crippen molar-refractivity contribution >= 4 is 22.4 Å². The molecule has 0 saturated carbocycles. The van der Waals surface area contributed by atoms with Crippen molar-refractivity contribution in [2.24, 2.45) is 0 Å². The lowest BCUT2D eigenvalue weighted by atomic mass is 10.0. The van der Waals surface area contributed by atoms with E-state index in [1.807, 2.05) is 6.20 Å². The van der Waals surface area contributed by atoms with Crippen molar-refractivity contribution in [2.45, 2.75) is 12.8 Å². The summed E-state index contributed by atoms with van der Waals surface area (Å²) >= 11 is 5.75. The summed E-state index contributed by atoms with van der Waals surface area (Å²) in [5.74, 6) is 1.21. The molecule has 18 heavy (non-hydrogen) atoms. The zero-order valence-corrected chi connectivity index (χ0v) is 10.8. The van der Waals surface area contributed by atoms with E-state index in [-0.39, 0.29) is 0 Å². The van der Waals surface area contributed by atoms with E-state index in [9.17, 15) is 0 Å². The minimum absolute atomic E-state index is 0.409. The molecular formula is C15H13ClN2. The molecule has 3 heteroatoms. The zero-order valence-electron chi connectivity index (χ0n) is 10.1. The summed E-state index contributed by atoms with van der Waals surface area (Å²) in [5, 5.41) is 2.50. The van der Waals surface area contributed by atoms with Gasteiger partial charge < -0.3 is 4.98 Å². The van der Waals surface area contributed by atoms with Gasteiger partial charge in [0, 0.05) is 5.56 Å². The normalized spacial score (nSPS) is 11.0. The number of rotatable bonds is 2. The average Bonchev–Trinajstić information content (AvgIpc) is 2.87. The predicted octanol–water partition coefficient (Wildman–Crippen LogP) is 4.28. The first kappa shape index (κ1) is 11.3. The highest BCUT2D eigenvalue weighted by Crippen LogP contribution is 2.24. The molecule has 0 amide bonds. The van der Waals surface area contributed by atoms with Gasteiger partial charge in [0.2, 0.25) is 0 Å². The number of nitrogens with zero attached hydrogens (tertiary/aromatic N) is 1. The molecule has 0 spiro atoms. The first-order valence-corrected chi connectivity index (χ1v) is 6.40. The first-order valence-electron chi connectivity index (χ1n) is 5.87. The number of hydrogen-bond donors (Lipinski definition) is 1. The molecule has 90 valence electrons. The molecule has 1 N–H and O–H groups in total. The second-order valence-electron chi connectivity index (χ2n) is 4.44. The third kappa shape index (κ3) is 2.00. The Morgan fingerprint density at radius 2 is 1.89 bits per heavy atom. The van der Waals surface area contributed by atoms with Crippen LogP contribution >= 0.6 is 11.6 Å². The molecule has 0 aliphatic rings. The highest BCUT2D eigenvalue weighted by atomic mass is 35.5. The molecular weight excluding hydrogens is 244 g/mol. The summed E-state index contributed by atoms with van der Waals surface area (Å²) in [6.45, 7) is 2.11. The standard InChI is InChI=1S/C15H13ClN2/c1-10-2-3-12-7-13(5-4-11(12)6-10)14-9-17-15(8-16)18-14/h2-7,9H,8H2,1H3,(H,17,18). The van der Waals surface area contributed by atoms with Gasteiger partial charge in [0.05, 0.1) is 17.8 Å². The van der Waals surface area contributed by atoms with Gasteiger partial charge in [-0.3, -0.25) is 0 Å². The van der Waals surface area contributed by atoms with E-state index in [0.29, 0.717) is 5.88 Å². The summed E-state index contributed by atoms with van der Waals surface area (Å²) < 4.78 is 0. The van der Waals surface area contributed by atoms with E-state index in [1.165, 1.54) is 16.3 Å². The number of aromatic amines is 1. The second-order valence-corrected chi connectivity index (χ2v) is 4.71. The minimum atomic E-state index is 0.409. The monoisotopic (exact) mass is 256 g/mol. The van der Waals surface area contributed by atoms with Crippen LogP contribution in [0.2, 0.25) is 0 Å². The number of H-pyrrole nitrogens is 1. The van der Waals surface area contributed by atoms with Crippen molar-refractivity contribution in [3.8, 4) is 11.3 Å². The molecule has 0 aliphatic heterocycles. The van der Waals surface area contributed by atoms with Crippen LogP contribution in [0.4, 0.5) is 0 Å². The Morgan fingerprint density at radius 3 is 2.67 bits per heavy atom. The predicted molar refractivity (Wildman–Crippen MR) is 75.8 cm³/mol.